The van der Waals surface area contributed by atoms with Crippen LogP contribution in [0.3, 0.4) is 0 Å². The lowest BCUT2D eigenvalue weighted by Crippen LogP contribution is -1.93. The molecule has 0 amide bonds. The predicted octanol–water partition coefficient (Wildman–Crippen LogP) is 4.84. The number of pyridine rings is 1. The number of hydrogen-bond donors (Lipinski definition) is 1. The number of nitrogens with zero attached hydrogens (tertiary/aromatic N) is 3. The van der Waals surface area contributed by atoms with E-state index in [1.807, 2.05) is 73.7 Å². The maximum Gasteiger partial charge on any atom is 0.220 e. The first kappa shape index (κ1) is 24.1. The van der Waals surface area contributed by atoms with Gasteiger partial charge in [-0.2, -0.15) is 0 Å². The van der Waals surface area contributed by atoms with Gasteiger partial charge in [-0.25, -0.2) is 9.97 Å². The monoisotopic (exact) mass is 292 g/mol. The molecule has 2 N–H and O–H groups in total. The Bertz CT molecular complexity index is 385. The topological polar surface area (TPSA) is 64.7 Å². The van der Waals surface area contributed by atoms with Gasteiger partial charge in [0, 0.05) is 24.3 Å². The summed E-state index contributed by atoms with van der Waals surface area (Å²) >= 11 is 0. The molecule has 0 fully saturated rings. The molecule has 2 rings (SSSR count). The molecule has 0 aliphatic rings. The number of aromatic nitrogens is 3. The van der Waals surface area contributed by atoms with Crippen molar-refractivity contribution in [3.8, 4) is 0 Å². The van der Waals surface area contributed by atoms with Gasteiger partial charge in [-0.05, 0) is 31.5 Å². The van der Waals surface area contributed by atoms with Gasteiger partial charge >= 0.3 is 0 Å². The van der Waals surface area contributed by atoms with Crippen molar-refractivity contribution in [2.24, 2.45) is 0 Å². The van der Waals surface area contributed by atoms with Gasteiger partial charge in [-0.3, -0.25) is 4.98 Å². The molecule has 21 heavy (non-hydrogen) atoms. The molecule has 0 spiro atoms. The highest BCUT2D eigenvalue weighted by Crippen LogP contribution is 1.91. The average molecular weight is 292 g/mol. The molecule has 2 aromatic rings. The summed E-state index contributed by atoms with van der Waals surface area (Å²) in [6, 6.07) is 5.75. The van der Waals surface area contributed by atoms with Gasteiger partial charge < -0.3 is 5.73 Å². The quantitative estimate of drug-likeness (QED) is 0.755. The highest BCUT2D eigenvalue weighted by Gasteiger charge is 1.84. The minimum absolute atomic E-state index is 0.338. The first-order valence-electron chi connectivity index (χ1n) is 7.60. The van der Waals surface area contributed by atoms with E-state index in [-0.39, 0.29) is 0 Å². The maximum atomic E-state index is 5.24. The van der Waals surface area contributed by atoms with Crippen molar-refractivity contribution in [2.45, 2.75) is 55.4 Å². The van der Waals surface area contributed by atoms with Crippen LogP contribution in [-0.4, -0.2) is 15.0 Å². The molecule has 0 atom stereocenters. The molecule has 0 aromatic carbocycles. The van der Waals surface area contributed by atoms with Gasteiger partial charge in [-0.1, -0.05) is 47.6 Å². The molecular formula is C17H32N4. The van der Waals surface area contributed by atoms with Crippen molar-refractivity contribution in [3.63, 3.8) is 0 Å². The van der Waals surface area contributed by atoms with Crippen LogP contribution in [0.1, 0.15) is 52.8 Å². The molecule has 0 bridgehead atoms. The summed E-state index contributed by atoms with van der Waals surface area (Å²) in [4.78, 5) is 11.4. The Hall–Kier alpha value is -1.97. The highest BCUT2D eigenvalue weighted by molar-refractivity contribution is 5.15. The zero-order chi connectivity index (χ0) is 17.1. The van der Waals surface area contributed by atoms with Gasteiger partial charge in [-0.15, -0.1) is 0 Å². The van der Waals surface area contributed by atoms with Gasteiger partial charge in [0.05, 0.1) is 0 Å². The second kappa shape index (κ2) is 20.3. The van der Waals surface area contributed by atoms with Crippen LogP contribution in [0, 0.1) is 13.8 Å². The minimum Gasteiger partial charge on any atom is -0.368 e. The molecule has 120 valence electrons. The van der Waals surface area contributed by atoms with Crippen molar-refractivity contribution in [2.75, 3.05) is 5.73 Å². The third kappa shape index (κ3) is 18.0. The lowest BCUT2D eigenvalue weighted by atomic mass is 10.3. The van der Waals surface area contributed by atoms with E-state index >= 15 is 0 Å². The van der Waals surface area contributed by atoms with Crippen LogP contribution in [-0.2, 0) is 0 Å². The second-order valence-electron chi connectivity index (χ2n) is 3.09. The Morgan fingerprint density at radius 1 is 0.857 bits per heavy atom. The standard InChI is InChI=1S/C6H7N.C5H7N3.3C2H6/c1-6-3-2-4-7-5-6;1-4-2-3-7-5(6)8-4;3*1-2/h2-5H,1H3;2-3H,1H3,(H2,6,7,8);3*1-2H3. The van der Waals surface area contributed by atoms with Crippen molar-refractivity contribution in [3.05, 3.63) is 48.0 Å². The summed E-state index contributed by atoms with van der Waals surface area (Å²) in [6.45, 7) is 15.9. The fourth-order valence-electron chi connectivity index (χ4n) is 0.916. The third-order valence-corrected chi connectivity index (χ3v) is 1.62. The number of anilines is 1. The van der Waals surface area contributed by atoms with Crippen LogP contribution in [0.5, 0.6) is 0 Å². The van der Waals surface area contributed by atoms with E-state index in [2.05, 4.69) is 15.0 Å². The molecule has 0 saturated heterocycles. The van der Waals surface area contributed by atoms with Crippen LogP contribution in [0.2, 0.25) is 0 Å². The zero-order valence-corrected chi connectivity index (χ0v) is 14.9. The molecule has 4 heteroatoms. The summed E-state index contributed by atoms with van der Waals surface area (Å²) < 4.78 is 0. The molecule has 4 nitrogen and oxygen atoms in total. The Balaban J connectivity index is -0.000000229. The number of hydrogen-bond acceptors (Lipinski definition) is 4. The van der Waals surface area contributed by atoms with E-state index in [4.69, 9.17) is 5.73 Å². The number of nitrogen functional groups attached to an aromatic ring is 1. The van der Waals surface area contributed by atoms with Gasteiger partial charge in [0.15, 0.2) is 0 Å². The molecule has 2 aromatic heterocycles. The minimum atomic E-state index is 0.338. The Morgan fingerprint density at radius 2 is 1.43 bits per heavy atom. The van der Waals surface area contributed by atoms with E-state index in [1.165, 1.54) is 5.56 Å². The van der Waals surface area contributed by atoms with Gasteiger partial charge in [0.2, 0.25) is 5.95 Å². The van der Waals surface area contributed by atoms with Crippen molar-refractivity contribution >= 4 is 5.95 Å². The Kier molecular flexibility index (Phi) is 23.3. The molecule has 0 unspecified atom stereocenters. The van der Waals surface area contributed by atoms with E-state index in [9.17, 15) is 0 Å². The lowest BCUT2D eigenvalue weighted by molar-refractivity contribution is 1.12. The largest absolute Gasteiger partial charge is 0.368 e. The number of aryl methyl sites for hydroxylation is 2. The summed E-state index contributed by atoms with van der Waals surface area (Å²) in [7, 11) is 0. The van der Waals surface area contributed by atoms with Crippen LogP contribution in [0.4, 0.5) is 5.95 Å². The van der Waals surface area contributed by atoms with Crippen molar-refractivity contribution in [1.29, 1.82) is 0 Å². The second-order valence-corrected chi connectivity index (χ2v) is 3.09. The summed E-state index contributed by atoms with van der Waals surface area (Å²) in [5, 5.41) is 0. The fourth-order valence-corrected chi connectivity index (χ4v) is 0.916. The van der Waals surface area contributed by atoms with Crippen LogP contribution < -0.4 is 5.73 Å². The maximum absolute atomic E-state index is 5.24. The van der Waals surface area contributed by atoms with Crippen LogP contribution >= 0.6 is 0 Å². The van der Waals surface area contributed by atoms with Crippen LogP contribution in [0.15, 0.2) is 36.8 Å². The summed E-state index contributed by atoms with van der Waals surface area (Å²) in [5.41, 5.74) is 7.35. The summed E-state index contributed by atoms with van der Waals surface area (Å²) in [6.07, 6.45) is 5.24. The molecule has 0 aliphatic heterocycles. The van der Waals surface area contributed by atoms with E-state index in [0.29, 0.717) is 5.95 Å². The first-order chi connectivity index (χ1) is 10.2. The Labute approximate surface area is 130 Å². The fraction of sp³-hybridized carbons (Fsp3) is 0.471. The van der Waals surface area contributed by atoms with Gasteiger partial charge in [0.1, 0.15) is 0 Å². The van der Waals surface area contributed by atoms with Crippen LogP contribution in [0.25, 0.3) is 0 Å². The summed E-state index contributed by atoms with van der Waals surface area (Å²) in [5.74, 6) is 0.338. The molecule has 0 radical (unpaired) electrons. The number of rotatable bonds is 0. The van der Waals surface area contributed by atoms with Crippen molar-refractivity contribution in [1.82, 2.24) is 15.0 Å². The molecule has 0 aliphatic carbocycles. The zero-order valence-electron chi connectivity index (χ0n) is 14.9. The predicted molar refractivity (Wildman–Crippen MR) is 94.2 cm³/mol. The van der Waals surface area contributed by atoms with Crippen molar-refractivity contribution < 1.29 is 0 Å². The molecular weight excluding hydrogens is 260 g/mol. The van der Waals surface area contributed by atoms with E-state index < -0.39 is 0 Å². The van der Waals surface area contributed by atoms with E-state index in [0.717, 1.165) is 5.69 Å². The smallest absolute Gasteiger partial charge is 0.220 e. The SMILES string of the molecule is CC.CC.CC.Cc1cccnc1.Cc1ccnc(N)n1. The van der Waals surface area contributed by atoms with E-state index in [1.54, 1.807) is 18.5 Å². The average Bonchev–Trinajstić information content (AvgIpc) is 2.54. The first-order valence-corrected chi connectivity index (χ1v) is 7.60. The third-order valence-electron chi connectivity index (χ3n) is 1.62. The molecule has 0 saturated carbocycles. The Morgan fingerprint density at radius 3 is 1.67 bits per heavy atom. The van der Waals surface area contributed by atoms with Gasteiger partial charge in [0.25, 0.3) is 0 Å². The lowest BCUT2D eigenvalue weighted by Gasteiger charge is -1.89. The molecule has 2 heterocycles. The normalized spacial score (nSPS) is 7.24. The number of nitrogens with two attached hydrogens (primary N) is 1. The highest BCUT2D eigenvalue weighted by atomic mass is 15.0.